The van der Waals surface area contributed by atoms with Gasteiger partial charge in [-0.1, -0.05) is 11.6 Å². The van der Waals surface area contributed by atoms with Gasteiger partial charge >= 0.3 is 0 Å². The van der Waals surface area contributed by atoms with Crippen LogP contribution < -0.4 is 5.43 Å². The smallest absolute Gasteiger partial charge is 0.247 e. The zero-order chi connectivity index (χ0) is 10.9. The number of hydrogen-bond acceptors (Lipinski definition) is 3. The molecule has 0 fully saturated rings. The van der Waals surface area contributed by atoms with Gasteiger partial charge in [-0.05, 0) is 0 Å². The van der Waals surface area contributed by atoms with Gasteiger partial charge in [0.2, 0.25) is 15.5 Å². The van der Waals surface area contributed by atoms with Crippen molar-refractivity contribution in [1.82, 2.24) is 9.29 Å². The number of nitrogens with zero attached hydrogens (tertiary/aromatic N) is 1. The first-order chi connectivity index (χ1) is 6.37. The summed E-state index contributed by atoms with van der Waals surface area (Å²) in [6, 6.07) is 0. The topological polar surface area (TPSA) is 70.2 Å². The third kappa shape index (κ3) is 1.82. The third-order valence-electron chi connectivity index (χ3n) is 1.62. The number of aromatic nitrogens is 1. The maximum Gasteiger partial charge on any atom is 0.247 e. The molecule has 0 saturated heterocycles. The lowest BCUT2D eigenvalue weighted by molar-refractivity contribution is 0.519. The van der Waals surface area contributed by atoms with Crippen LogP contribution in [0.4, 0.5) is 0 Å². The van der Waals surface area contributed by atoms with Gasteiger partial charge in [-0.2, -0.15) is 0 Å². The van der Waals surface area contributed by atoms with E-state index >= 15 is 0 Å². The van der Waals surface area contributed by atoms with E-state index in [1.165, 1.54) is 20.3 Å². The number of sulfonamides is 1. The van der Waals surface area contributed by atoms with E-state index in [-0.39, 0.29) is 9.92 Å². The zero-order valence-electron chi connectivity index (χ0n) is 7.61. The van der Waals surface area contributed by atoms with Gasteiger partial charge in [0.15, 0.2) is 0 Å². The number of H-pyrrole nitrogens is 1. The molecule has 0 aliphatic carbocycles. The summed E-state index contributed by atoms with van der Waals surface area (Å²) < 4.78 is 24.1. The van der Waals surface area contributed by atoms with Crippen LogP contribution in [0.2, 0.25) is 5.02 Å². The lowest BCUT2D eigenvalue weighted by atomic mass is 10.5. The lowest BCUT2D eigenvalue weighted by Gasteiger charge is -2.09. The molecular weight excluding hydrogens is 228 g/mol. The maximum atomic E-state index is 11.6. The Morgan fingerprint density at radius 2 is 1.93 bits per heavy atom. The van der Waals surface area contributed by atoms with E-state index in [1.807, 2.05) is 0 Å². The van der Waals surface area contributed by atoms with Crippen LogP contribution in [-0.2, 0) is 10.0 Å². The van der Waals surface area contributed by atoms with E-state index in [4.69, 9.17) is 11.6 Å². The molecule has 0 aliphatic rings. The standard InChI is InChI=1S/C7H9ClN2O3S/c1-10(2)14(12,13)6-4-9-3-5(8)7(6)11/h3-4H,1-2H3,(H,9,11). The van der Waals surface area contributed by atoms with Gasteiger partial charge in [-0.25, -0.2) is 12.7 Å². The van der Waals surface area contributed by atoms with Crippen molar-refractivity contribution in [2.45, 2.75) is 4.90 Å². The Balaban J connectivity index is 3.50. The van der Waals surface area contributed by atoms with E-state index in [2.05, 4.69) is 4.98 Å². The second-order valence-corrected chi connectivity index (χ2v) is 5.31. The minimum Gasteiger partial charge on any atom is -0.365 e. The van der Waals surface area contributed by atoms with Crippen LogP contribution in [0, 0.1) is 0 Å². The quantitative estimate of drug-likeness (QED) is 0.802. The van der Waals surface area contributed by atoms with E-state index in [9.17, 15) is 13.2 Å². The molecule has 0 saturated carbocycles. The minimum absolute atomic E-state index is 0.145. The van der Waals surface area contributed by atoms with Crippen LogP contribution >= 0.6 is 11.6 Å². The van der Waals surface area contributed by atoms with Crippen LogP contribution in [-0.4, -0.2) is 31.8 Å². The third-order valence-corrected chi connectivity index (χ3v) is 3.73. The summed E-state index contributed by atoms with van der Waals surface area (Å²) in [6.07, 6.45) is 2.35. The summed E-state index contributed by atoms with van der Waals surface area (Å²) in [6.45, 7) is 0. The fourth-order valence-electron chi connectivity index (χ4n) is 0.828. The molecule has 1 aromatic rings. The van der Waals surface area contributed by atoms with Crippen molar-refractivity contribution in [3.8, 4) is 0 Å². The number of nitrogens with one attached hydrogen (secondary N) is 1. The van der Waals surface area contributed by atoms with Gasteiger partial charge < -0.3 is 4.98 Å². The van der Waals surface area contributed by atoms with E-state index in [0.717, 1.165) is 10.5 Å². The van der Waals surface area contributed by atoms with Crippen molar-refractivity contribution in [1.29, 1.82) is 0 Å². The van der Waals surface area contributed by atoms with Gasteiger partial charge in [0.1, 0.15) is 9.92 Å². The summed E-state index contributed by atoms with van der Waals surface area (Å²) in [4.78, 5) is 13.5. The van der Waals surface area contributed by atoms with Crippen LogP contribution in [0.15, 0.2) is 22.1 Å². The zero-order valence-corrected chi connectivity index (χ0v) is 9.19. The molecule has 0 atom stereocenters. The predicted molar refractivity (Wildman–Crippen MR) is 52.9 cm³/mol. The van der Waals surface area contributed by atoms with Crippen molar-refractivity contribution in [2.75, 3.05) is 14.1 Å². The number of aromatic amines is 1. The van der Waals surface area contributed by atoms with Crippen molar-refractivity contribution >= 4 is 21.6 Å². The van der Waals surface area contributed by atoms with E-state index in [0.29, 0.717) is 0 Å². The molecule has 78 valence electrons. The van der Waals surface area contributed by atoms with Crippen molar-refractivity contribution < 1.29 is 8.42 Å². The van der Waals surface area contributed by atoms with Gasteiger partial charge in [0.05, 0.1) is 0 Å². The molecular formula is C7H9ClN2O3S. The second kappa shape index (κ2) is 3.72. The Morgan fingerprint density at radius 1 is 1.36 bits per heavy atom. The Bertz CT molecular complexity index is 492. The van der Waals surface area contributed by atoms with Gasteiger partial charge in [0, 0.05) is 26.5 Å². The molecule has 1 aromatic heterocycles. The fourth-order valence-corrected chi connectivity index (χ4v) is 2.00. The number of hydrogen-bond donors (Lipinski definition) is 1. The first kappa shape index (κ1) is 11.2. The molecule has 0 spiro atoms. The molecule has 1 N–H and O–H groups in total. The van der Waals surface area contributed by atoms with Gasteiger partial charge in [-0.3, -0.25) is 4.79 Å². The Hall–Kier alpha value is -0.850. The van der Waals surface area contributed by atoms with Gasteiger partial charge in [0.25, 0.3) is 0 Å². The first-order valence-electron chi connectivity index (χ1n) is 3.66. The van der Waals surface area contributed by atoms with E-state index < -0.39 is 15.5 Å². The summed E-state index contributed by atoms with van der Waals surface area (Å²) >= 11 is 5.50. The Labute approximate surface area is 86.4 Å². The SMILES string of the molecule is CN(C)S(=O)(=O)c1c[nH]cc(Cl)c1=O. The second-order valence-electron chi connectivity index (χ2n) is 2.78. The Morgan fingerprint density at radius 3 is 2.43 bits per heavy atom. The molecule has 0 radical (unpaired) electrons. The lowest BCUT2D eigenvalue weighted by Crippen LogP contribution is -2.27. The highest BCUT2D eigenvalue weighted by Crippen LogP contribution is 2.09. The predicted octanol–water partition coefficient (Wildman–Crippen LogP) is 0.279. The van der Waals surface area contributed by atoms with Crippen molar-refractivity contribution in [3.63, 3.8) is 0 Å². The molecule has 1 heterocycles. The average molecular weight is 237 g/mol. The van der Waals surface area contributed by atoms with Crippen LogP contribution in [0.1, 0.15) is 0 Å². The molecule has 0 bridgehead atoms. The van der Waals surface area contributed by atoms with Crippen LogP contribution in [0.5, 0.6) is 0 Å². The van der Waals surface area contributed by atoms with Crippen LogP contribution in [0.3, 0.4) is 0 Å². The number of halogens is 1. The van der Waals surface area contributed by atoms with Crippen LogP contribution in [0.25, 0.3) is 0 Å². The van der Waals surface area contributed by atoms with E-state index in [1.54, 1.807) is 0 Å². The largest absolute Gasteiger partial charge is 0.365 e. The summed E-state index contributed by atoms with van der Waals surface area (Å²) in [7, 11) is -1.04. The molecule has 0 unspecified atom stereocenters. The maximum absolute atomic E-state index is 11.6. The summed E-state index contributed by atoms with van der Waals surface area (Å²) in [5.41, 5.74) is -0.695. The summed E-state index contributed by atoms with van der Waals surface area (Å²) in [5, 5.41) is -0.145. The van der Waals surface area contributed by atoms with Crippen molar-refractivity contribution in [2.24, 2.45) is 0 Å². The van der Waals surface area contributed by atoms with Gasteiger partial charge in [-0.15, -0.1) is 0 Å². The highest BCUT2D eigenvalue weighted by Gasteiger charge is 2.21. The monoisotopic (exact) mass is 236 g/mol. The minimum atomic E-state index is -3.72. The summed E-state index contributed by atoms with van der Waals surface area (Å²) in [5.74, 6) is 0. The highest BCUT2D eigenvalue weighted by atomic mass is 35.5. The first-order valence-corrected chi connectivity index (χ1v) is 5.48. The Kier molecular flexibility index (Phi) is 2.98. The molecule has 0 aliphatic heterocycles. The molecule has 14 heavy (non-hydrogen) atoms. The fraction of sp³-hybridized carbons (Fsp3) is 0.286. The average Bonchev–Trinajstić information content (AvgIpc) is 2.09. The molecule has 1 rings (SSSR count). The molecule has 0 aromatic carbocycles. The number of rotatable bonds is 2. The molecule has 5 nitrogen and oxygen atoms in total. The normalized spacial score (nSPS) is 12.0. The van der Waals surface area contributed by atoms with Crippen molar-refractivity contribution in [3.05, 3.63) is 27.6 Å². The highest BCUT2D eigenvalue weighted by molar-refractivity contribution is 7.89. The molecule has 7 heteroatoms. The number of pyridine rings is 1. The molecule has 0 amide bonds.